The van der Waals surface area contributed by atoms with E-state index in [4.69, 9.17) is 16.7 Å². The van der Waals surface area contributed by atoms with Gasteiger partial charge in [0.1, 0.15) is 5.15 Å². The summed E-state index contributed by atoms with van der Waals surface area (Å²) in [5.74, 6) is 0. The molecule has 1 aromatic rings. The lowest BCUT2D eigenvalue weighted by Gasteiger charge is -2.05. The molecule has 0 radical (unpaired) electrons. The maximum Gasteiger partial charge on any atom is 0.129 e. The Kier molecular flexibility index (Phi) is 4.15. The molecule has 0 saturated carbocycles. The molecule has 1 rings (SSSR count). The van der Waals surface area contributed by atoms with Crippen molar-refractivity contribution in [3.05, 3.63) is 28.5 Å². The third kappa shape index (κ3) is 3.30. The fourth-order valence-electron chi connectivity index (χ4n) is 1.05. The Balaban J connectivity index is 2.56. The number of pyridine rings is 1. The van der Waals surface area contributed by atoms with Crippen molar-refractivity contribution < 1.29 is 5.11 Å². The lowest BCUT2D eigenvalue weighted by atomic mass is 10.2. The van der Waals surface area contributed by atoms with E-state index in [1.54, 1.807) is 6.07 Å². The molecule has 3 nitrogen and oxygen atoms in total. The molecule has 72 valence electrons. The summed E-state index contributed by atoms with van der Waals surface area (Å²) in [5, 5.41) is 12.2. The van der Waals surface area contributed by atoms with Crippen LogP contribution in [-0.2, 0) is 6.54 Å². The summed E-state index contributed by atoms with van der Waals surface area (Å²) in [7, 11) is 0. The van der Waals surface area contributed by atoms with Crippen LogP contribution in [0.25, 0.3) is 0 Å². The Hall–Kier alpha value is -0.640. The molecular formula is C9H13ClN2O. The number of aliphatic hydroxyl groups excluding tert-OH is 1. The number of halogens is 1. The number of nitrogens with zero attached hydrogens (tertiary/aromatic N) is 1. The Labute approximate surface area is 82.8 Å². The van der Waals surface area contributed by atoms with Crippen LogP contribution in [0.5, 0.6) is 0 Å². The summed E-state index contributed by atoms with van der Waals surface area (Å²) >= 11 is 5.71. The van der Waals surface area contributed by atoms with Crippen molar-refractivity contribution >= 4 is 11.6 Å². The van der Waals surface area contributed by atoms with Gasteiger partial charge >= 0.3 is 0 Å². The lowest BCUT2D eigenvalue weighted by molar-refractivity contribution is 0.292. The second kappa shape index (κ2) is 5.17. The Morgan fingerprint density at radius 1 is 1.54 bits per heavy atom. The molecule has 0 bridgehead atoms. The highest BCUT2D eigenvalue weighted by Crippen LogP contribution is 2.09. The monoisotopic (exact) mass is 200 g/mol. The van der Waals surface area contributed by atoms with Gasteiger partial charge in [0.05, 0.1) is 6.61 Å². The molecule has 1 aromatic heterocycles. The van der Waals surface area contributed by atoms with E-state index in [-0.39, 0.29) is 6.61 Å². The van der Waals surface area contributed by atoms with Crippen LogP contribution in [0.15, 0.2) is 12.1 Å². The SMILES string of the molecule is Cc1nc(Cl)ccc1CNCCO. The topological polar surface area (TPSA) is 45.2 Å². The van der Waals surface area contributed by atoms with E-state index in [0.29, 0.717) is 11.7 Å². The number of rotatable bonds is 4. The number of aryl methyl sites for hydroxylation is 1. The minimum Gasteiger partial charge on any atom is -0.395 e. The number of aliphatic hydroxyl groups is 1. The molecule has 2 N–H and O–H groups in total. The Bertz CT molecular complexity index is 278. The van der Waals surface area contributed by atoms with E-state index in [1.807, 2.05) is 13.0 Å². The molecule has 0 aliphatic rings. The van der Waals surface area contributed by atoms with E-state index in [9.17, 15) is 0 Å². The summed E-state index contributed by atoms with van der Waals surface area (Å²) in [6, 6.07) is 3.71. The third-order valence-electron chi connectivity index (χ3n) is 1.77. The highest BCUT2D eigenvalue weighted by atomic mass is 35.5. The first kappa shape index (κ1) is 10.4. The summed E-state index contributed by atoms with van der Waals surface area (Å²) in [5.41, 5.74) is 2.04. The van der Waals surface area contributed by atoms with Gasteiger partial charge in [-0.15, -0.1) is 0 Å². The second-order valence-corrected chi connectivity index (χ2v) is 3.17. The van der Waals surface area contributed by atoms with Gasteiger partial charge in [0.2, 0.25) is 0 Å². The van der Waals surface area contributed by atoms with Gasteiger partial charge in [-0.1, -0.05) is 17.7 Å². The zero-order valence-corrected chi connectivity index (χ0v) is 8.30. The van der Waals surface area contributed by atoms with Crippen molar-refractivity contribution in [3.63, 3.8) is 0 Å². The quantitative estimate of drug-likeness (QED) is 0.566. The van der Waals surface area contributed by atoms with Gasteiger partial charge in [-0.3, -0.25) is 0 Å². The van der Waals surface area contributed by atoms with Crippen molar-refractivity contribution in [2.75, 3.05) is 13.2 Å². The van der Waals surface area contributed by atoms with Gasteiger partial charge in [-0.2, -0.15) is 0 Å². The van der Waals surface area contributed by atoms with E-state index >= 15 is 0 Å². The summed E-state index contributed by atoms with van der Waals surface area (Å²) in [4.78, 5) is 4.12. The fourth-order valence-corrected chi connectivity index (χ4v) is 1.24. The van der Waals surface area contributed by atoms with Crippen LogP contribution in [-0.4, -0.2) is 23.2 Å². The minimum atomic E-state index is 0.153. The first-order chi connectivity index (χ1) is 6.24. The fraction of sp³-hybridized carbons (Fsp3) is 0.444. The van der Waals surface area contributed by atoms with Crippen LogP contribution >= 0.6 is 11.6 Å². The molecule has 0 spiro atoms. The summed E-state index contributed by atoms with van der Waals surface area (Å²) in [6.07, 6.45) is 0. The highest BCUT2D eigenvalue weighted by Gasteiger charge is 1.99. The van der Waals surface area contributed by atoms with Crippen molar-refractivity contribution in [1.29, 1.82) is 0 Å². The van der Waals surface area contributed by atoms with E-state index in [2.05, 4.69) is 10.3 Å². The molecule has 0 amide bonds. The van der Waals surface area contributed by atoms with Gasteiger partial charge in [0.15, 0.2) is 0 Å². The lowest BCUT2D eigenvalue weighted by Crippen LogP contribution is -2.18. The second-order valence-electron chi connectivity index (χ2n) is 2.78. The van der Waals surface area contributed by atoms with E-state index < -0.39 is 0 Å². The number of nitrogens with one attached hydrogen (secondary N) is 1. The average molecular weight is 201 g/mol. The molecule has 13 heavy (non-hydrogen) atoms. The number of hydrogen-bond acceptors (Lipinski definition) is 3. The minimum absolute atomic E-state index is 0.153. The van der Waals surface area contributed by atoms with E-state index in [0.717, 1.165) is 17.8 Å². The highest BCUT2D eigenvalue weighted by molar-refractivity contribution is 6.29. The van der Waals surface area contributed by atoms with Crippen molar-refractivity contribution in [2.24, 2.45) is 0 Å². The smallest absolute Gasteiger partial charge is 0.129 e. The van der Waals surface area contributed by atoms with Crippen LogP contribution in [0.3, 0.4) is 0 Å². The van der Waals surface area contributed by atoms with Gasteiger partial charge in [0, 0.05) is 18.8 Å². The number of hydrogen-bond donors (Lipinski definition) is 2. The molecule has 0 unspecified atom stereocenters. The maximum absolute atomic E-state index is 8.56. The molecule has 0 aliphatic heterocycles. The van der Waals surface area contributed by atoms with Crippen LogP contribution in [0.1, 0.15) is 11.3 Å². The summed E-state index contributed by atoms with van der Waals surface area (Å²) in [6.45, 7) is 3.39. The van der Waals surface area contributed by atoms with Gasteiger partial charge in [-0.25, -0.2) is 4.98 Å². The predicted octanol–water partition coefficient (Wildman–Crippen LogP) is 1.13. The molecule has 0 aliphatic carbocycles. The Morgan fingerprint density at radius 2 is 2.31 bits per heavy atom. The van der Waals surface area contributed by atoms with Crippen LogP contribution in [0, 0.1) is 6.92 Å². The molecule has 4 heteroatoms. The molecule has 0 saturated heterocycles. The van der Waals surface area contributed by atoms with Crippen molar-refractivity contribution in [3.8, 4) is 0 Å². The molecule has 1 heterocycles. The summed E-state index contributed by atoms with van der Waals surface area (Å²) < 4.78 is 0. The average Bonchev–Trinajstić information content (AvgIpc) is 2.09. The standard InChI is InChI=1S/C9H13ClN2O/c1-7-8(6-11-4-5-13)2-3-9(10)12-7/h2-3,11,13H,4-6H2,1H3. The van der Waals surface area contributed by atoms with Gasteiger partial charge in [0.25, 0.3) is 0 Å². The number of aromatic nitrogens is 1. The third-order valence-corrected chi connectivity index (χ3v) is 1.98. The largest absolute Gasteiger partial charge is 0.395 e. The molecule has 0 atom stereocenters. The first-order valence-corrected chi connectivity index (χ1v) is 4.55. The molecule has 0 fully saturated rings. The molecular weight excluding hydrogens is 188 g/mol. The zero-order chi connectivity index (χ0) is 9.68. The zero-order valence-electron chi connectivity index (χ0n) is 7.55. The van der Waals surface area contributed by atoms with Gasteiger partial charge in [-0.05, 0) is 18.6 Å². The van der Waals surface area contributed by atoms with Crippen molar-refractivity contribution in [2.45, 2.75) is 13.5 Å². The van der Waals surface area contributed by atoms with Crippen molar-refractivity contribution in [1.82, 2.24) is 10.3 Å². The van der Waals surface area contributed by atoms with Gasteiger partial charge < -0.3 is 10.4 Å². The maximum atomic E-state index is 8.56. The predicted molar refractivity (Wildman–Crippen MR) is 52.8 cm³/mol. The van der Waals surface area contributed by atoms with E-state index in [1.165, 1.54) is 0 Å². The molecule has 0 aromatic carbocycles. The normalized spacial score (nSPS) is 10.4. The van der Waals surface area contributed by atoms with Crippen LogP contribution in [0.2, 0.25) is 5.15 Å². The Morgan fingerprint density at radius 3 is 2.92 bits per heavy atom. The first-order valence-electron chi connectivity index (χ1n) is 4.17. The van der Waals surface area contributed by atoms with Crippen LogP contribution in [0.4, 0.5) is 0 Å². The van der Waals surface area contributed by atoms with Crippen LogP contribution < -0.4 is 5.32 Å².